The lowest BCUT2D eigenvalue weighted by Gasteiger charge is -2.26. The standard InChI is InChI=1S/C6H15N2/c1-5-7-8(3,4)6-2/h5,7H,1,6H2,2-4H3/q+1. The molecule has 0 aromatic rings. The minimum atomic E-state index is 0.795. The van der Waals surface area contributed by atoms with Crippen molar-refractivity contribution in [3.63, 3.8) is 0 Å². The van der Waals surface area contributed by atoms with Crippen LogP contribution in [0.1, 0.15) is 6.92 Å². The van der Waals surface area contributed by atoms with Crippen LogP contribution in [0.25, 0.3) is 0 Å². The average molecular weight is 115 g/mol. The van der Waals surface area contributed by atoms with Gasteiger partial charge in [-0.3, -0.25) is 0 Å². The average Bonchev–Trinajstić information content (AvgIpc) is 1.67. The first kappa shape index (κ1) is 7.50. The van der Waals surface area contributed by atoms with Crippen molar-refractivity contribution < 1.29 is 4.59 Å². The summed E-state index contributed by atoms with van der Waals surface area (Å²) < 4.78 is 0.795. The van der Waals surface area contributed by atoms with Crippen molar-refractivity contribution >= 4 is 0 Å². The zero-order chi connectivity index (χ0) is 6.62. The minimum Gasteiger partial charge on any atom is -0.245 e. The van der Waals surface area contributed by atoms with Crippen LogP contribution in [-0.2, 0) is 0 Å². The molecule has 0 amide bonds. The number of nitrogens with one attached hydrogen (secondary N) is 1. The summed E-state index contributed by atoms with van der Waals surface area (Å²) in [6.07, 6.45) is 1.71. The molecule has 0 heterocycles. The second-order valence-electron chi connectivity index (χ2n) is 2.33. The molecule has 0 aliphatic rings. The molecular formula is C6H15N2+. The topological polar surface area (TPSA) is 12.0 Å². The van der Waals surface area contributed by atoms with Gasteiger partial charge in [0, 0.05) is 6.20 Å². The maximum atomic E-state index is 3.57. The Morgan fingerprint density at radius 1 is 1.62 bits per heavy atom. The molecule has 0 bridgehead atoms. The molecule has 0 spiro atoms. The molecule has 0 aliphatic carbocycles. The van der Waals surface area contributed by atoms with Gasteiger partial charge in [-0.15, -0.1) is 0 Å². The maximum Gasteiger partial charge on any atom is 0.0977 e. The van der Waals surface area contributed by atoms with Gasteiger partial charge in [0.05, 0.1) is 20.6 Å². The number of nitrogens with zero attached hydrogens (tertiary/aromatic N) is 1. The number of hydrogen-bond donors (Lipinski definition) is 1. The minimum absolute atomic E-state index is 0.795. The Hall–Kier alpha value is -0.500. The quantitative estimate of drug-likeness (QED) is 0.422. The first-order valence-electron chi connectivity index (χ1n) is 2.84. The first-order valence-corrected chi connectivity index (χ1v) is 2.84. The van der Waals surface area contributed by atoms with Crippen molar-refractivity contribution in [2.45, 2.75) is 6.92 Å². The molecule has 0 aromatic heterocycles. The summed E-state index contributed by atoms with van der Waals surface area (Å²) in [4.78, 5) is 0. The fourth-order valence-corrected chi connectivity index (χ4v) is 0.338. The molecule has 0 saturated carbocycles. The van der Waals surface area contributed by atoms with Gasteiger partial charge in [0.15, 0.2) is 0 Å². The molecule has 0 unspecified atom stereocenters. The van der Waals surface area contributed by atoms with E-state index in [1.165, 1.54) is 0 Å². The van der Waals surface area contributed by atoms with Crippen LogP contribution in [-0.4, -0.2) is 25.2 Å². The lowest BCUT2D eigenvalue weighted by Crippen LogP contribution is -2.48. The third-order valence-corrected chi connectivity index (χ3v) is 1.23. The number of hydrogen-bond acceptors (Lipinski definition) is 1. The molecule has 0 atom stereocenters. The van der Waals surface area contributed by atoms with Crippen LogP contribution in [0.4, 0.5) is 0 Å². The molecule has 8 heavy (non-hydrogen) atoms. The van der Waals surface area contributed by atoms with Crippen LogP contribution in [0, 0.1) is 0 Å². The van der Waals surface area contributed by atoms with Crippen LogP contribution >= 0.6 is 0 Å². The molecule has 0 radical (unpaired) electrons. The molecule has 1 N–H and O–H groups in total. The Morgan fingerprint density at radius 3 is 2.25 bits per heavy atom. The van der Waals surface area contributed by atoms with Crippen LogP contribution in [0.2, 0.25) is 0 Å². The summed E-state index contributed by atoms with van der Waals surface area (Å²) in [6.45, 7) is 6.75. The summed E-state index contributed by atoms with van der Waals surface area (Å²) in [7, 11) is 4.17. The Balaban J connectivity index is 3.53. The van der Waals surface area contributed by atoms with Crippen molar-refractivity contribution in [2.24, 2.45) is 0 Å². The van der Waals surface area contributed by atoms with Crippen molar-refractivity contribution in [1.82, 2.24) is 5.43 Å². The van der Waals surface area contributed by atoms with E-state index in [1.807, 2.05) is 0 Å². The van der Waals surface area contributed by atoms with Gasteiger partial charge in [0.1, 0.15) is 0 Å². The fourth-order valence-electron chi connectivity index (χ4n) is 0.338. The van der Waals surface area contributed by atoms with Crippen LogP contribution in [0.3, 0.4) is 0 Å². The molecule has 2 heteroatoms. The normalized spacial score (nSPS) is 10.9. The van der Waals surface area contributed by atoms with Gasteiger partial charge >= 0.3 is 0 Å². The molecule has 0 rings (SSSR count). The van der Waals surface area contributed by atoms with Crippen molar-refractivity contribution in [3.8, 4) is 0 Å². The lowest BCUT2D eigenvalue weighted by atomic mass is 10.6. The van der Waals surface area contributed by atoms with Gasteiger partial charge in [-0.05, 0) is 6.92 Å². The van der Waals surface area contributed by atoms with E-state index in [4.69, 9.17) is 0 Å². The van der Waals surface area contributed by atoms with E-state index in [0.29, 0.717) is 0 Å². The molecule has 0 aromatic carbocycles. The first-order chi connectivity index (χ1) is 3.62. The van der Waals surface area contributed by atoms with Gasteiger partial charge < -0.3 is 0 Å². The maximum absolute atomic E-state index is 3.57. The Kier molecular flexibility index (Phi) is 2.55. The van der Waals surface area contributed by atoms with E-state index < -0.39 is 0 Å². The van der Waals surface area contributed by atoms with Gasteiger partial charge in [-0.25, -0.2) is 10.0 Å². The highest BCUT2D eigenvalue weighted by atomic mass is 15.6. The van der Waals surface area contributed by atoms with Crippen LogP contribution in [0.5, 0.6) is 0 Å². The van der Waals surface area contributed by atoms with E-state index >= 15 is 0 Å². The number of rotatable bonds is 3. The van der Waals surface area contributed by atoms with E-state index in [2.05, 4.69) is 33.0 Å². The summed E-state index contributed by atoms with van der Waals surface area (Å²) in [5, 5.41) is 0. The van der Waals surface area contributed by atoms with Crippen LogP contribution < -0.4 is 5.43 Å². The monoisotopic (exact) mass is 115 g/mol. The highest BCUT2D eigenvalue weighted by Gasteiger charge is 2.05. The Morgan fingerprint density at radius 2 is 2.12 bits per heavy atom. The van der Waals surface area contributed by atoms with Crippen molar-refractivity contribution in [1.29, 1.82) is 0 Å². The summed E-state index contributed by atoms with van der Waals surface area (Å²) in [5.74, 6) is 0. The molecule has 2 nitrogen and oxygen atoms in total. The summed E-state index contributed by atoms with van der Waals surface area (Å²) in [5.41, 5.74) is 3.07. The smallest absolute Gasteiger partial charge is 0.0977 e. The summed E-state index contributed by atoms with van der Waals surface area (Å²) in [6, 6.07) is 0. The zero-order valence-electron chi connectivity index (χ0n) is 5.94. The van der Waals surface area contributed by atoms with Gasteiger partial charge in [-0.1, -0.05) is 6.58 Å². The Bertz CT molecular complexity index is 76.6. The number of quaternary nitrogens is 1. The van der Waals surface area contributed by atoms with Crippen molar-refractivity contribution in [2.75, 3.05) is 20.6 Å². The molecule has 0 fully saturated rings. The van der Waals surface area contributed by atoms with Gasteiger partial charge in [0.2, 0.25) is 0 Å². The lowest BCUT2D eigenvalue weighted by molar-refractivity contribution is -0.926. The van der Waals surface area contributed by atoms with E-state index in [1.54, 1.807) is 6.20 Å². The third kappa shape index (κ3) is 2.64. The molecular weight excluding hydrogens is 100 g/mol. The van der Waals surface area contributed by atoms with Gasteiger partial charge in [0.25, 0.3) is 0 Å². The van der Waals surface area contributed by atoms with Gasteiger partial charge in [-0.2, -0.15) is 0 Å². The Labute approximate surface area is 51.4 Å². The third-order valence-electron chi connectivity index (χ3n) is 1.23. The highest BCUT2D eigenvalue weighted by Crippen LogP contribution is 1.86. The van der Waals surface area contributed by atoms with Crippen molar-refractivity contribution in [3.05, 3.63) is 12.8 Å². The SMILES string of the molecule is C=CN[N+](C)(C)CC. The highest BCUT2D eigenvalue weighted by molar-refractivity contribution is 4.53. The summed E-state index contributed by atoms with van der Waals surface area (Å²) >= 11 is 0. The predicted octanol–water partition coefficient (Wildman–Crippen LogP) is 0.731. The van der Waals surface area contributed by atoms with E-state index in [0.717, 1.165) is 11.1 Å². The fraction of sp³-hybridized carbons (Fsp3) is 0.667. The molecule has 0 saturated heterocycles. The van der Waals surface area contributed by atoms with E-state index in [9.17, 15) is 0 Å². The predicted molar refractivity (Wildman–Crippen MR) is 36.0 cm³/mol. The largest absolute Gasteiger partial charge is 0.245 e. The van der Waals surface area contributed by atoms with E-state index in [-0.39, 0.29) is 0 Å². The molecule has 48 valence electrons. The van der Waals surface area contributed by atoms with Crippen LogP contribution in [0.15, 0.2) is 12.8 Å². The molecule has 0 aliphatic heterocycles. The second-order valence-corrected chi connectivity index (χ2v) is 2.33. The second kappa shape index (κ2) is 2.72. The zero-order valence-corrected chi connectivity index (χ0v) is 5.94.